The first-order valence-electron chi connectivity index (χ1n) is 6.54. The van der Waals surface area contributed by atoms with E-state index in [1.54, 1.807) is 18.0 Å². The minimum atomic E-state index is 0.489. The largest absolute Gasteiger partial charge is 0.310 e. The first-order valence-corrected chi connectivity index (χ1v) is 8.15. The lowest BCUT2D eigenvalue weighted by molar-refractivity contribution is 0.588. The normalized spacial score (nSPS) is 11.1. The highest BCUT2D eigenvalue weighted by molar-refractivity contribution is 9.10. The minimum absolute atomic E-state index is 0.489. The minimum Gasteiger partial charge on any atom is -0.310 e. The second kappa shape index (κ2) is 7.20. The van der Waals surface area contributed by atoms with Crippen LogP contribution in [-0.4, -0.2) is 16.0 Å². The first-order chi connectivity index (χ1) is 9.54. The van der Waals surface area contributed by atoms with E-state index in [1.807, 2.05) is 13.0 Å². The van der Waals surface area contributed by atoms with Crippen molar-refractivity contribution in [2.45, 2.75) is 43.4 Å². The van der Waals surface area contributed by atoms with Crippen molar-refractivity contribution in [1.82, 2.24) is 15.3 Å². The highest BCUT2D eigenvalue weighted by Crippen LogP contribution is 2.32. The van der Waals surface area contributed by atoms with Crippen molar-refractivity contribution < 1.29 is 0 Å². The van der Waals surface area contributed by atoms with E-state index in [1.165, 1.54) is 5.56 Å². The molecule has 1 aromatic heterocycles. The fraction of sp³-hybridized carbons (Fsp3) is 0.333. The second-order valence-electron chi connectivity index (χ2n) is 4.88. The molecule has 2 aromatic rings. The zero-order valence-electron chi connectivity index (χ0n) is 11.9. The van der Waals surface area contributed by atoms with Gasteiger partial charge in [0.1, 0.15) is 0 Å². The lowest BCUT2D eigenvalue weighted by Crippen LogP contribution is -2.21. The van der Waals surface area contributed by atoms with Gasteiger partial charge in [-0.1, -0.05) is 19.9 Å². The Hall–Kier alpha value is -0.910. The molecule has 0 saturated carbocycles. The molecule has 0 amide bonds. The van der Waals surface area contributed by atoms with E-state index in [0.717, 1.165) is 26.8 Å². The monoisotopic (exact) mass is 351 g/mol. The summed E-state index contributed by atoms with van der Waals surface area (Å²) < 4.78 is 1.08. The van der Waals surface area contributed by atoms with Crippen LogP contribution in [0.25, 0.3) is 0 Å². The van der Waals surface area contributed by atoms with Crippen molar-refractivity contribution in [2.24, 2.45) is 0 Å². The molecule has 0 radical (unpaired) electrons. The lowest BCUT2D eigenvalue weighted by Gasteiger charge is -2.10. The predicted octanol–water partition coefficient (Wildman–Crippen LogP) is 4.20. The van der Waals surface area contributed by atoms with Crippen molar-refractivity contribution in [2.75, 3.05) is 0 Å². The predicted molar refractivity (Wildman–Crippen MR) is 87.0 cm³/mol. The van der Waals surface area contributed by atoms with E-state index < -0.39 is 0 Å². The van der Waals surface area contributed by atoms with E-state index in [-0.39, 0.29) is 0 Å². The number of aryl methyl sites for hydroxylation is 1. The molecule has 1 N–H and O–H groups in total. The molecule has 0 unspecified atom stereocenters. The van der Waals surface area contributed by atoms with E-state index in [9.17, 15) is 0 Å². The Morgan fingerprint density at radius 1 is 1.30 bits per heavy atom. The summed E-state index contributed by atoms with van der Waals surface area (Å²) in [5, 5.41) is 4.19. The van der Waals surface area contributed by atoms with Crippen molar-refractivity contribution in [3.05, 3.63) is 46.2 Å². The summed E-state index contributed by atoms with van der Waals surface area (Å²) in [6.45, 7) is 7.15. The molecule has 5 heteroatoms. The highest BCUT2D eigenvalue weighted by atomic mass is 79.9. The topological polar surface area (TPSA) is 37.8 Å². The maximum absolute atomic E-state index is 4.41. The number of rotatable bonds is 5. The molecule has 0 aliphatic rings. The number of halogens is 1. The summed E-state index contributed by atoms with van der Waals surface area (Å²) in [5.74, 6) is 0. The van der Waals surface area contributed by atoms with Gasteiger partial charge < -0.3 is 5.32 Å². The maximum atomic E-state index is 4.41. The molecule has 1 heterocycles. The average molecular weight is 352 g/mol. The molecule has 2 rings (SSSR count). The van der Waals surface area contributed by atoms with Gasteiger partial charge in [0.25, 0.3) is 0 Å². The van der Waals surface area contributed by atoms with Crippen LogP contribution < -0.4 is 5.32 Å². The molecule has 3 nitrogen and oxygen atoms in total. The van der Waals surface area contributed by atoms with Gasteiger partial charge in [-0.15, -0.1) is 0 Å². The third kappa shape index (κ3) is 4.58. The van der Waals surface area contributed by atoms with Gasteiger partial charge >= 0.3 is 0 Å². The summed E-state index contributed by atoms with van der Waals surface area (Å²) in [6.07, 6.45) is 1.79. The Kier molecular flexibility index (Phi) is 5.57. The quantitative estimate of drug-likeness (QED) is 0.819. The molecule has 0 bridgehead atoms. The van der Waals surface area contributed by atoms with Gasteiger partial charge in [-0.3, -0.25) is 0 Å². The highest BCUT2D eigenvalue weighted by Gasteiger charge is 2.06. The van der Waals surface area contributed by atoms with Gasteiger partial charge in [-0.2, -0.15) is 0 Å². The molecule has 0 saturated heterocycles. The van der Waals surface area contributed by atoms with Gasteiger partial charge in [0.15, 0.2) is 5.16 Å². The average Bonchev–Trinajstić information content (AvgIpc) is 2.39. The van der Waals surface area contributed by atoms with Gasteiger partial charge in [0.05, 0.1) is 0 Å². The number of hydrogen-bond donors (Lipinski definition) is 1. The summed E-state index contributed by atoms with van der Waals surface area (Å²) in [7, 11) is 0. The molecular weight excluding hydrogens is 334 g/mol. The van der Waals surface area contributed by atoms with Gasteiger partial charge in [-0.05, 0) is 58.4 Å². The molecule has 20 heavy (non-hydrogen) atoms. The van der Waals surface area contributed by atoms with Crippen LogP contribution in [0.1, 0.15) is 25.1 Å². The summed E-state index contributed by atoms with van der Waals surface area (Å²) in [5.41, 5.74) is 2.25. The van der Waals surface area contributed by atoms with E-state index in [4.69, 9.17) is 0 Å². The summed E-state index contributed by atoms with van der Waals surface area (Å²) in [4.78, 5) is 9.82. The maximum Gasteiger partial charge on any atom is 0.192 e. The smallest absolute Gasteiger partial charge is 0.192 e. The zero-order valence-corrected chi connectivity index (χ0v) is 14.3. The third-order valence-electron chi connectivity index (χ3n) is 2.68. The number of benzene rings is 1. The second-order valence-corrected chi connectivity index (χ2v) is 6.75. The molecule has 1 aromatic carbocycles. The fourth-order valence-electron chi connectivity index (χ4n) is 1.63. The standard InChI is InChI=1S/C15H18BrN3S/c1-10(2)18-9-12-4-5-14(13(16)8-12)20-15-17-7-6-11(3)19-15/h4-8,10,18H,9H2,1-3H3. The number of nitrogens with zero attached hydrogens (tertiary/aromatic N) is 2. The van der Waals surface area contributed by atoms with Crippen LogP contribution in [0.5, 0.6) is 0 Å². The molecule has 0 fully saturated rings. The van der Waals surface area contributed by atoms with Crippen LogP contribution in [0.2, 0.25) is 0 Å². The number of aromatic nitrogens is 2. The van der Waals surface area contributed by atoms with Gasteiger partial charge in [0, 0.05) is 33.8 Å². The van der Waals surface area contributed by atoms with E-state index >= 15 is 0 Å². The molecule has 0 aliphatic carbocycles. The van der Waals surface area contributed by atoms with Gasteiger partial charge in [-0.25, -0.2) is 9.97 Å². The van der Waals surface area contributed by atoms with E-state index in [0.29, 0.717) is 6.04 Å². The zero-order chi connectivity index (χ0) is 14.5. The SMILES string of the molecule is Cc1ccnc(Sc2ccc(CNC(C)C)cc2Br)n1. The summed E-state index contributed by atoms with van der Waals surface area (Å²) >= 11 is 5.20. The Morgan fingerprint density at radius 3 is 2.75 bits per heavy atom. The van der Waals surface area contributed by atoms with Crippen molar-refractivity contribution >= 4 is 27.7 Å². The van der Waals surface area contributed by atoms with Gasteiger partial charge in [0.2, 0.25) is 0 Å². The number of nitrogens with one attached hydrogen (secondary N) is 1. The van der Waals surface area contributed by atoms with E-state index in [2.05, 4.69) is 63.3 Å². The van der Waals surface area contributed by atoms with Crippen molar-refractivity contribution in [1.29, 1.82) is 0 Å². The van der Waals surface area contributed by atoms with Crippen LogP contribution in [-0.2, 0) is 6.54 Å². The van der Waals surface area contributed by atoms with Crippen LogP contribution in [0.4, 0.5) is 0 Å². The molecule has 0 atom stereocenters. The van der Waals surface area contributed by atoms with Crippen LogP contribution in [0, 0.1) is 6.92 Å². The Balaban J connectivity index is 2.09. The number of hydrogen-bond acceptors (Lipinski definition) is 4. The third-order valence-corrected chi connectivity index (χ3v) is 4.56. The Labute approximate surface area is 132 Å². The van der Waals surface area contributed by atoms with Crippen molar-refractivity contribution in [3.63, 3.8) is 0 Å². The molecule has 106 valence electrons. The van der Waals surface area contributed by atoms with Crippen LogP contribution in [0.15, 0.2) is 45.0 Å². The Bertz CT molecular complexity index is 587. The Morgan fingerprint density at radius 2 is 2.10 bits per heavy atom. The lowest BCUT2D eigenvalue weighted by atomic mass is 10.2. The molecular formula is C15H18BrN3S. The molecule has 0 spiro atoms. The summed E-state index contributed by atoms with van der Waals surface area (Å²) in [6, 6.07) is 8.78. The fourth-order valence-corrected chi connectivity index (χ4v) is 3.09. The van der Waals surface area contributed by atoms with Crippen LogP contribution in [0.3, 0.4) is 0 Å². The molecule has 0 aliphatic heterocycles. The van der Waals surface area contributed by atoms with Crippen LogP contribution >= 0.6 is 27.7 Å². The van der Waals surface area contributed by atoms with Crippen molar-refractivity contribution in [3.8, 4) is 0 Å². The first kappa shape index (κ1) is 15.5.